The first kappa shape index (κ1) is 17.7. The summed E-state index contributed by atoms with van der Waals surface area (Å²) in [5.74, 6) is -1.13. The van der Waals surface area contributed by atoms with E-state index in [9.17, 15) is 14.7 Å². The van der Waals surface area contributed by atoms with Crippen molar-refractivity contribution < 1.29 is 24.2 Å². The highest BCUT2D eigenvalue weighted by Crippen LogP contribution is 2.22. The van der Waals surface area contributed by atoms with Gasteiger partial charge in [-0.2, -0.15) is 0 Å². The Morgan fingerprint density at radius 1 is 1.19 bits per heavy atom. The number of rotatable bonds is 7. The average molecular weight is 302 g/mol. The van der Waals surface area contributed by atoms with Crippen LogP contribution in [0.5, 0.6) is 0 Å². The van der Waals surface area contributed by atoms with Crippen molar-refractivity contribution in [1.29, 1.82) is 0 Å². The Balaban J connectivity index is 2.68. The third-order valence-electron chi connectivity index (χ3n) is 3.68. The van der Waals surface area contributed by atoms with Crippen LogP contribution >= 0.6 is 0 Å². The van der Waals surface area contributed by atoms with Crippen LogP contribution in [-0.4, -0.2) is 80.5 Å². The molecule has 0 aromatic rings. The van der Waals surface area contributed by atoms with Gasteiger partial charge in [0.25, 0.3) is 0 Å². The fourth-order valence-electron chi connectivity index (χ4n) is 2.59. The van der Waals surface area contributed by atoms with Gasteiger partial charge in [0.1, 0.15) is 0 Å². The number of carbonyl (C=O) groups excluding carboxylic acids is 1. The molecular formula is C14H26N2O5. The van der Waals surface area contributed by atoms with Gasteiger partial charge in [-0.05, 0) is 12.3 Å². The lowest BCUT2D eigenvalue weighted by atomic mass is 9.91. The van der Waals surface area contributed by atoms with E-state index in [1.807, 2.05) is 6.92 Å². The van der Waals surface area contributed by atoms with Crippen LogP contribution in [0.4, 0.5) is 4.79 Å². The van der Waals surface area contributed by atoms with Crippen molar-refractivity contribution in [3.05, 3.63) is 0 Å². The molecule has 2 amide bonds. The highest BCUT2D eigenvalue weighted by molar-refractivity contribution is 5.76. The molecule has 21 heavy (non-hydrogen) atoms. The number of piperidine rings is 1. The predicted molar refractivity (Wildman–Crippen MR) is 77.2 cm³/mol. The number of carbonyl (C=O) groups is 2. The van der Waals surface area contributed by atoms with Crippen LogP contribution < -0.4 is 0 Å². The van der Waals surface area contributed by atoms with Gasteiger partial charge in [0.05, 0.1) is 19.1 Å². The maximum atomic E-state index is 12.6. The van der Waals surface area contributed by atoms with E-state index >= 15 is 0 Å². The Morgan fingerprint density at radius 2 is 1.76 bits per heavy atom. The number of ether oxygens (including phenoxy) is 2. The molecule has 1 aliphatic heterocycles. The molecule has 0 radical (unpaired) electrons. The lowest BCUT2D eigenvalue weighted by Crippen LogP contribution is -2.52. The molecule has 0 spiro atoms. The Bertz CT molecular complexity index is 342. The zero-order valence-corrected chi connectivity index (χ0v) is 13.1. The number of methoxy groups -OCH3 is 2. The standard InChI is InChI=1S/C14H26N2O5/c1-11-8-12(13(17)18)10-16(9-11)14(19)15(4-6-20-2)5-7-21-3/h11-12H,4-10H2,1-3H3,(H,17,18). The van der Waals surface area contributed by atoms with Gasteiger partial charge >= 0.3 is 12.0 Å². The van der Waals surface area contributed by atoms with E-state index in [1.54, 1.807) is 24.0 Å². The highest BCUT2D eigenvalue weighted by atomic mass is 16.5. The summed E-state index contributed by atoms with van der Waals surface area (Å²) < 4.78 is 10.0. The van der Waals surface area contributed by atoms with Crippen LogP contribution in [0.15, 0.2) is 0 Å². The zero-order valence-electron chi connectivity index (χ0n) is 13.1. The van der Waals surface area contributed by atoms with Gasteiger partial charge in [-0.25, -0.2) is 4.79 Å². The number of hydrogen-bond acceptors (Lipinski definition) is 4. The van der Waals surface area contributed by atoms with Gasteiger partial charge in [0, 0.05) is 40.4 Å². The maximum Gasteiger partial charge on any atom is 0.320 e. The van der Waals surface area contributed by atoms with Gasteiger partial charge in [-0.15, -0.1) is 0 Å². The molecule has 2 atom stereocenters. The van der Waals surface area contributed by atoms with E-state index in [-0.39, 0.29) is 18.5 Å². The van der Waals surface area contributed by atoms with Crippen molar-refractivity contribution in [1.82, 2.24) is 9.80 Å². The van der Waals surface area contributed by atoms with Gasteiger partial charge in [0.2, 0.25) is 0 Å². The second kappa shape index (κ2) is 8.84. The first-order chi connectivity index (χ1) is 9.99. The molecule has 1 saturated heterocycles. The molecule has 122 valence electrons. The van der Waals surface area contributed by atoms with Crippen LogP contribution in [0.1, 0.15) is 13.3 Å². The summed E-state index contributed by atoms with van der Waals surface area (Å²) in [6, 6.07) is -0.137. The molecule has 1 aliphatic rings. The summed E-state index contributed by atoms with van der Waals surface area (Å²) in [5.41, 5.74) is 0. The van der Waals surface area contributed by atoms with E-state index in [0.717, 1.165) is 0 Å². The topological polar surface area (TPSA) is 79.3 Å². The highest BCUT2D eigenvalue weighted by Gasteiger charge is 2.33. The van der Waals surface area contributed by atoms with Crippen molar-refractivity contribution in [3.8, 4) is 0 Å². The summed E-state index contributed by atoms with van der Waals surface area (Å²) in [4.78, 5) is 27.1. The molecule has 1 rings (SSSR count). The molecule has 0 bridgehead atoms. The summed E-state index contributed by atoms with van der Waals surface area (Å²) >= 11 is 0. The number of carboxylic acid groups (broad SMARTS) is 1. The first-order valence-corrected chi connectivity index (χ1v) is 7.24. The second-order valence-electron chi connectivity index (χ2n) is 5.54. The molecule has 1 N–H and O–H groups in total. The SMILES string of the molecule is COCCN(CCOC)C(=O)N1CC(C)CC(C(=O)O)C1. The number of hydrogen-bond donors (Lipinski definition) is 1. The van der Waals surface area contributed by atoms with Crippen LogP contribution in [0, 0.1) is 11.8 Å². The van der Waals surface area contributed by atoms with E-state index in [2.05, 4.69) is 0 Å². The molecule has 0 aromatic carbocycles. The number of likely N-dealkylation sites (tertiary alicyclic amines) is 1. The molecule has 0 aromatic heterocycles. The van der Waals surface area contributed by atoms with Gasteiger partial charge in [0.15, 0.2) is 0 Å². The van der Waals surface area contributed by atoms with Crippen molar-refractivity contribution in [3.63, 3.8) is 0 Å². The summed E-state index contributed by atoms with van der Waals surface area (Å²) in [6.45, 7) is 4.68. The maximum absolute atomic E-state index is 12.6. The third-order valence-corrected chi connectivity index (χ3v) is 3.68. The summed E-state index contributed by atoms with van der Waals surface area (Å²) in [5, 5.41) is 9.19. The first-order valence-electron chi connectivity index (χ1n) is 7.24. The van der Waals surface area contributed by atoms with Gasteiger partial charge in [-0.3, -0.25) is 4.79 Å². The Kier molecular flexibility index (Phi) is 7.45. The van der Waals surface area contributed by atoms with E-state index < -0.39 is 11.9 Å². The quantitative estimate of drug-likeness (QED) is 0.750. The minimum atomic E-state index is -0.834. The lowest BCUT2D eigenvalue weighted by Gasteiger charge is -2.37. The molecule has 2 unspecified atom stereocenters. The fraction of sp³-hybridized carbons (Fsp3) is 0.857. The second-order valence-corrected chi connectivity index (χ2v) is 5.54. The van der Waals surface area contributed by atoms with Crippen molar-refractivity contribution >= 4 is 12.0 Å². The van der Waals surface area contributed by atoms with Gasteiger partial charge in [-0.1, -0.05) is 6.92 Å². The number of amides is 2. The Labute approximate surface area is 125 Å². The molecule has 7 heteroatoms. The fourth-order valence-corrected chi connectivity index (χ4v) is 2.59. The van der Waals surface area contributed by atoms with Crippen LogP contribution in [0.3, 0.4) is 0 Å². The zero-order chi connectivity index (χ0) is 15.8. The molecular weight excluding hydrogens is 276 g/mol. The van der Waals surface area contributed by atoms with E-state index in [1.165, 1.54) is 0 Å². The van der Waals surface area contributed by atoms with Crippen LogP contribution in [0.25, 0.3) is 0 Å². The molecule has 1 fully saturated rings. The molecule has 0 aliphatic carbocycles. The summed E-state index contributed by atoms with van der Waals surface area (Å²) in [7, 11) is 3.17. The van der Waals surface area contributed by atoms with Crippen LogP contribution in [0.2, 0.25) is 0 Å². The normalized spacial score (nSPS) is 22.1. The number of carboxylic acids is 1. The Morgan fingerprint density at radius 3 is 2.24 bits per heavy atom. The number of urea groups is 1. The predicted octanol–water partition coefficient (Wildman–Crippen LogP) is 0.744. The van der Waals surface area contributed by atoms with Gasteiger partial charge < -0.3 is 24.4 Å². The largest absolute Gasteiger partial charge is 0.481 e. The van der Waals surface area contributed by atoms with Crippen molar-refractivity contribution in [2.24, 2.45) is 11.8 Å². The van der Waals surface area contributed by atoms with E-state index in [0.29, 0.717) is 39.3 Å². The number of nitrogens with zero attached hydrogens (tertiary/aromatic N) is 2. The molecule has 1 heterocycles. The third kappa shape index (κ3) is 5.51. The summed E-state index contributed by atoms with van der Waals surface area (Å²) in [6.07, 6.45) is 0.620. The monoisotopic (exact) mass is 302 g/mol. The Hall–Kier alpha value is -1.34. The molecule has 0 saturated carbocycles. The van der Waals surface area contributed by atoms with Crippen LogP contribution in [-0.2, 0) is 14.3 Å². The average Bonchev–Trinajstić information content (AvgIpc) is 2.46. The lowest BCUT2D eigenvalue weighted by molar-refractivity contribution is -0.143. The van der Waals surface area contributed by atoms with E-state index in [4.69, 9.17) is 9.47 Å². The molecule has 7 nitrogen and oxygen atoms in total. The van der Waals surface area contributed by atoms with Crippen molar-refractivity contribution in [2.45, 2.75) is 13.3 Å². The smallest absolute Gasteiger partial charge is 0.320 e. The van der Waals surface area contributed by atoms with Crippen molar-refractivity contribution in [2.75, 3.05) is 53.6 Å². The minimum absolute atomic E-state index is 0.137. The minimum Gasteiger partial charge on any atom is -0.481 e. The number of aliphatic carboxylic acids is 1.